The van der Waals surface area contributed by atoms with Crippen molar-refractivity contribution in [1.29, 1.82) is 0 Å². The first-order valence-electron chi connectivity index (χ1n) is 8.74. The third kappa shape index (κ3) is 3.05. The first kappa shape index (κ1) is 18.6. The molecule has 0 aromatic heterocycles. The third-order valence-corrected chi connectivity index (χ3v) is 5.55. The minimum Gasteiger partial charge on any atom is -0.497 e. The van der Waals surface area contributed by atoms with Gasteiger partial charge < -0.3 is 14.2 Å². The molecule has 7 heteroatoms. The van der Waals surface area contributed by atoms with Crippen LogP contribution in [0.2, 0.25) is 0 Å². The molecule has 0 aliphatic carbocycles. The van der Waals surface area contributed by atoms with Gasteiger partial charge in [-0.05, 0) is 30.3 Å². The summed E-state index contributed by atoms with van der Waals surface area (Å²) in [5.41, 5.74) is 2.56. The monoisotopic (exact) mass is 443 g/mol. The van der Waals surface area contributed by atoms with Crippen LogP contribution in [-0.2, 0) is 14.3 Å². The highest BCUT2D eigenvalue weighted by Gasteiger charge is 2.43. The van der Waals surface area contributed by atoms with Crippen LogP contribution >= 0.6 is 15.9 Å². The molecule has 4 rings (SSSR count). The zero-order chi connectivity index (χ0) is 19.8. The van der Waals surface area contributed by atoms with E-state index in [1.165, 1.54) is 0 Å². The number of ether oxygens (including phenoxy) is 3. The summed E-state index contributed by atoms with van der Waals surface area (Å²) in [6.07, 6.45) is 0.146. The van der Waals surface area contributed by atoms with Gasteiger partial charge in [0.05, 0.1) is 25.5 Å². The van der Waals surface area contributed by atoms with Crippen molar-refractivity contribution in [3.05, 3.63) is 63.8 Å². The van der Waals surface area contributed by atoms with Crippen LogP contribution in [0.3, 0.4) is 0 Å². The molecule has 144 valence electrons. The van der Waals surface area contributed by atoms with Crippen LogP contribution in [-0.4, -0.2) is 32.7 Å². The van der Waals surface area contributed by atoms with Crippen molar-refractivity contribution >= 4 is 33.5 Å². The fourth-order valence-corrected chi connectivity index (χ4v) is 3.98. The first-order chi connectivity index (χ1) is 13.5. The van der Waals surface area contributed by atoms with E-state index in [0.717, 1.165) is 10.0 Å². The van der Waals surface area contributed by atoms with E-state index in [0.29, 0.717) is 28.5 Å². The molecule has 2 aliphatic heterocycles. The Morgan fingerprint density at radius 1 is 1.07 bits per heavy atom. The van der Waals surface area contributed by atoms with Gasteiger partial charge in [-0.25, -0.2) is 4.79 Å². The van der Waals surface area contributed by atoms with Gasteiger partial charge in [0.2, 0.25) is 5.91 Å². The highest BCUT2D eigenvalue weighted by molar-refractivity contribution is 9.10. The van der Waals surface area contributed by atoms with E-state index in [1.54, 1.807) is 31.3 Å². The fraction of sp³-hybridized carbons (Fsp3) is 0.238. The standard InChI is InChI=1S/C21H18BrNO5/c1-26-14-7-8-15(18(9-14)27-2)16-10-19(24)23(13-5-3-12(22)4-6-13)17-11-28-21(25)20(16)17/h3-9,16H,10-11H2,1-2H3/t16-/m0/s1. The molecule has 0 spiro atoms. The Kier molecular flexibility index (Phi) is 4.85. The Hall–Kier alpha value is -2.80. The number of hydrogen-bond donors (Lipinski definition) is 0. The molecule has 2 aliphatic rings. The van der Waals surface area contributed by atoms with Gasteiger partial charge in [0, 0.05) is 34.1 Å². The van der Waals surface area contributed by atoms with Gasteiger partial charge in [-0.2, -0.15) is 0 Å². The second-order valence-electron chi connectivity index (χ2n) is 6.51. The minimum absolute atomic E-state index is 0.0743. The molecule has 2 aromatic carbocycles. The molecule has 28 heavy (non-hydrogen) atoms. The number of esters is 1. The van der Waals surface area contributed by atoms with Crippen LogP contribution < -0.4 is 14.4 Å². The number of nitrogens with zero attached hydrogens (tertiary/aromatic N) is 1. The number of carbonyl (C=O) groups excluding carboxylic acids is 2. The van der Waals surface area contributed by atoms with Crippen LogP contribution in [0.4, 0.5) is 5.69 Å². The molecule has 1 atom stereocenters. The van der Waals surface area contributed by atoms with Crippen molar-refractivity contribution in [2.75, 3.05) is 25.7 Å². The van der Waals surface area contributed by atoms with Gasteiger partial charge in [0.15, 0.2) is 0 Å². The number of halogens is 1. The lowest BCUT2D eigenvalue weighted by molar-refractivity contribution is -0.136. The molecular formula is C21H18BrNO5. The summed E-state index contributed by atoms with van der Waals surface area (Å²) in [6.45, 7) is 0.0743. The number of rotatable bonds is 4. The van der Waals surface area contributed by atoms with E-state index < -0.39 is 11.9 Å². The fourth-order valence-electron chi connectivity index (χ4n) is 3.72. The lowest BCUT2D eigenvalue weighted by Gasteiger charge is -2.32. The van der Waals surface area contributed by atoms with Crippen LogP contribution in [0.25, 0.3) is 0 Å². The lowest BCUT2D eigenvalue weighted by atomic mass is 9.83. The topological polar surface area (TPSA) is 65.1 Å². The number of carbonyl (C=O) groups is 2. The second kappa shape index (κ2) is 7.31. The number of hydrogen-bond acceptors (Lipinski definition) is 5. The number of anilines is 1. The SMILES string of the molecule is COc1ccc([C@@H]2CC(=O)N(c3ccc(Br)cc3)C3=C2C(=O)OC3)c(OC)c1. The lowest BCUT2D eigenvalue weighted by Crippen LogP contribution is -2.37. The Morgan fingerprint density at radius 3 is 2.50 bits per heavy atom. The molecule has 0 radical (unpaired) electrons. The van der Waals surface area contributed by atoms with Crippen molar-refractivity contribution in [3.8, 4) is 11.5 Å². The van der Waals surface area contributed by atoms with Crippen LogP contribution in [0, 0.1) is 0 Å². The number of cyclic esters (lactones) is 1. The van der Waals surface area contributed by atoms with Gasteiger partial charge in [-0.1, -0.05) is 22.0 Å². The Morgan fingerprint density at radius 2 is 1.82 bits per heavy atom. The smallest absolute Gasteiger partial charge is 0.336 e. The summed E-state index contributed by atoms with van der Waals surface area (Å²) in [6, 6.07) is 12.8. The quantitative estimate of drug-likeness (QED) is 0.672. The molecule has 6 nitrogen and oxygen atoms in total. The molecular weight excluding hydrogens is 426 g/mol. The van der Waals surface area contributed by atoms with Gasteiger partial charge in [-0.15, -0.1) is 0 Å². The van der Waals surface area contributed by atoms with Crippen molar-refractivity contribution < 1.29 is 23.8 Å². The minimum atomic E-state index is -0.426. The summed E-state index contributed by atoms with van der Waals surface area (Å²) in [5, 5.41) is 0. The Bertz CT molecular complexity index is 983. The maximum absolute atomic E-state index is 13.1. The summed E-state index contributed by atoms with van der Waals surface area (Å²) in [4.78, 5) is 27.2. The summed E-state index contributed by atoms with van der Waals surface area (Å²) < 4.78 is 17.0. The van der Waals surface area contributed by atoms with E-state index in [1.807, 2.05) is 30.3 Å². The van der Waals surface area contributed by atoms with E-state index in [4.69, 9.17) is 14.2 Å². The number of amides is 1. The first-order valence-corrected chi connectivity index (χ1v) is 9.53. The van der Waals surface area contributed by atoms with Crippen LogP contribution in [0.15, 0.2) is 58.2 Å². The van der Waals surface area contributed by atoms with Gasteiger partial charge in [0.25, 0.3) is 0 Å². The summed E-state index contributed by atoms with van der Waals surface area (Å²) in [5.74, 6) is 0.294. The normalized spacial score (nSPS) is 18.8. The third-order valence-electron chi connectivity index (χ3n) is 5.02. The molecule has 0 N–H and O–H groups in total. The highest BCUT2D eigenvalue weighted by Crippen LogP contribution is 2.45. The van der Waals surface area contributed by atoms with Crippen molar-refractivity contribution in [3.63, 3.8) is 0 Å². The second-order valence-corrected chi connectivity index (χ2v) is 7.42. The van der Waals surface area contributed by atoms with Crippen molar-refractivity contribution in [1.82, 2.24) is 0 Å². The maximum atomic E-state index is 13.1. The van der Waals surface area contributed by atoms with E-state index in [9.17, 15) is 9.59 Å². The number of methoxy groups -OCH3 is 2. The van der Waals surface area contributed by atoms with E-state index in [-0.39, 0.29) is 18.9 Å². The zero-order valence-corrected chi connectivity index (χ0v) is 17.0. The van der Waals surface area contributed by atoms with Gasteiger partial charge in [-0.3, -0.25) is 9.69 Å². The van der Waals surface area contributed by atoms with Crippen LogP contribution in [0.5, 0.6) is 11.5 Å². The van der Waals surface area contributed by atoms with Crippen molar-refractivity contribution in [2.24, 2.45) is 0 Å². The van der Waals surface area contributed by atoms with Gasteiger partial charge >= 0.3 is 5.97 Å². The molecule has 0 fully saturated rings. The zero-order valence-electron chi connectivity index (χ0n) is 15.4. The van der Waals surface area contributed by atoms with Crippen molar-refractivity contribution in [2.45, 2.75) is 12.3 Å². The van der Waals surface area contributed by atoms with E-state index >= 15 is 0 Å². The van der Waals surface area contributed by atoms with Crippen LogP contribution in [0.1, 0.15) is 17.9 Å². The largest absolute Gasteiger partial charge is 0.497 e. The molecule has 0 saturated heterocycles. The molecule has 0 bridgehead atoms. The Labute approximate surface area is 170 Å². The predicted molar refractivity (Wildman–Crippen MR) is 107 cm³/mol. The Balaban J connectivity index is 1.83. The average molecular weight is 444 g/mol. The molecule has 1 amide bonds. The number of benzene rings is 2. The highest BCUT2D eigenvalue weighted by atomic mass is 79.9. The average Bonchev–Trinajstić information content (AvgIpc) is 3.09. The maximum Gasteiger partial charge on any atom is 0.336 e. The molecule has 0 unspecified atom stereocenters. The molecule has 2 aromatic rings. The summed E-state index contributed by atoms with van der Waals surface area (Å²) >= 11 is 3.40. The molecule has 0 saturated carbocycles. The summed E-state index contributed by atoms with van der Waals surface area (Å²) in [7, 11) is 3.13. The molecule has 2 heterocycles. The van der Waals surface area contributed by atoms with Gasteiger partial charge in [0.1, 0.15) is 18.1 Å². The predicted octanol–water partition coefficient (Wildman–Crippen LogP) is 3.80. The van der Waals surface area contributed by atoms with E-state index in [2.05, 4.69) is 15.9 Å².